The van der Waals surface area contributed by atoms with Crippen molar-refractivity contribution in [3.63, 3.8) is 0 Å². The molecule has 1 saturated heterocycles. The molecule has 2 aliphatic rings. The predicted octanol–water partition coefficient (Wildman–Crippen LogP) is 5.76. The molecule has 4 amide bonds. The fourth-order valence-corrected chi connectivity index (χ4v) is 6.16. The summed E-state index contributed by atoms with van der Waals surface area (Å²) in [6.07, 6.45) is 1.31. The highest BCUT2D eigenvalue weighted by molar-refractivity contribution is 6.42. The SMILES string of the molecule is O=C(O)c1cccc(NC(=O)C2CCCN2C(=O)[C@H]2Cc3c([nH]c4ccccc34)CN2C(=O)Nc2ccc(Cl)c(Cl)c2)c1. The van der Waals surface area contributed by atoms with Gasteiger partial charge >= 0.3 is 12.0 Å². The molecular weight excluding hydrogens is 593 g/mol. The Morgan fingerprint density at radius 3 is 2.44 bits per heavy atom. The van der Waals surface area contributed by atoms with Gasteiger partial charge in [0.25, 0.3) is 0 Å². The summed E-state index contributed by atoms with van der Waals surface area (Å²) in [4.78, 5) is 59.1. The quantitative estimate of drug-likeness (QED) is 0.225. The summed E-state index contributed by atoms with van der Waals surface area (Å²) < 4.78 is 0. The third kappa shape index (κ3) is 5.63. The highest BCUT2D eigenvalue weighted by atomic mass is 35.5. The lowest BCUT2D eigenvalue weighted by Crippen LogP contribution is -2.56. The Balaban J connectivity index is 1.28. The Hall–Kier alpha value is -4.54. The fourth-order valence-electron chi connectivity index (χ4n) is 5.86. The van der Waals surface area contributed by atoms with Crippen molar-refractivity contribution in [2.24, 2.45) is 0 Å². The van der Waals surface area contributed by atoms with E-state index in [1.807, 2.05) is 24.3 Å². The molecule has 1 unspecified atom stereocenters. The number of anilines is 2. The number of aromatic carboxylic acids is 1. The molecule has 2 atom stereocenters. The topological polar surface area (TPSA) is 135 Å². The molecule has 2 aliphatic heterocycles. The number of halogens is 2. The molecule has 0 bridgehead atoms. The number of hydrogen-bond acceptors (Lipinski definition) is 4. The van der Waals surface area contributed by atoms with Gasteiger partial charge < -0.3 is 30.5 Å². The van der Waals surface area contributed by atoms with Crippen LogP contribution in [-0.2, 0) is 22.6 Å². The number of amides is 4. The maximum Gasteiger partial charge on any atom is 0.335 e. The Morgan fingerprint density at radius 1 is 0.860 bits per heavy atom. The maximum atomic E-state index is 14.2. The first-order chi connectivity index (χ1) is 20.7. The van der Waals surface area contributed by atoms with Crippen LogP contribution in [-0.4, -0.2) is 62.3 Å². The number of benzene rings is 3. The number of urea groups is 1. The van der Waals surface area contributed by atoms with E-state index in [-0.39, 0.29) is 29.5 Å². The molecule has 0 radical (unpaired) electrons. The number of fused-ring (bicyclic) bond motifs is 3. The van der Waals surface area contributed by atoms with E-state index in [1.54, 1.807) is 24.3 Å². The van der Waals surface area contributed by atoms with Crippen molar-refractivity contribution in [3.05, 3.63) is 93.6 Å². The largest absolute Gasteiger partial charge is 0.478 e. The molecule has 4 N–H and O–H groups in total. The summed E-state index contributed by atoms with van der Waals surface area (Å²) in [5, 5.41) is 16.5. The smallest absolute Gasteiger partial charge is 0.335 e. The number of carbonyl (C=O) groups excluding carboxylic acids is 3. The van der Waals surface area contributed by atoms with Crippen LogP contribution in [0.4, 0.5) is 16.2 Å². The Bertz CT molecular complexity index is 1770. The number of nitrogens with zero attached hydrogens (tertiary/aromatic N) is 2. The molecule has 0 saturated carbocycles. The molecule has 0 spiro atoms. The number of rotatable bonds is 5. The summed E-state index contributed by atoms with van der Waals surface area (Å²) in [7, 11) is 0. The fraction of sp³-hybridized carbons (Fsp3) is 0.226. The predicted molar refractivity (Wildman–Crippen MR) is 164 cm³/mol. The first kappa shape index (κ1) is 28.6. The van der Waals surface area contributed by atoms with Crippen LogP contribution >= 0.6 is 23.2 Å². The van der Waals surface area contributed by atoms with E-state index in [0.717, 1.165) is 22.2 Å². The second-order valence-corrected chi connectivity index (χ2v) is 11.4. The van der Waals surface area contributed by atoms with Crippen LogP contribution in [0.3, 0.4) is 0 Å². The number of H-pyrrole nitrogens is 1. The average molecular weight is 620 g/mol. The maximum absolute atomic E-state index is 14.2. The summed E-state index contributed by atoms with van der Waals surface area (Å²) in [5.41, 5.74) is 3.50. The molecule has 220 valence electrons. The van der Waals surface area contributed by atoms with Gasteiger partial charge in [0, 0.05) is 40.9 Å². The Morgan fingerprint density at radius 2 is 1.65 bits per heavy atom. The molecule has 0 aliphatic carbocycles. The highest BCUT2D eigenvalue weighted by Crippen LogP contribution is 2.33. The third-order valence-electron chi connectivity index (χ3n) is 7.94. The molecule has 4 aromatic rings. The minimum Gasteiger partial charge on any atom is -0.478 e. The molecule has 6 rings (SSSR count). The molecule has 10 nitrogen and oxygen atoms in total. The van der Waals surface area contributed by atoms with Crippen molar-refractivity contribution in [3.8, 4) is 0 Å². The number of aromatic nitrogens is 1. The molecule has 43 heavy (non-hydrogen) atoms. The summed E-state index contributed by atoms with van der Waals surface area (Å²) in [6.45, 7) is 0.506. The third-order valence-corrected chi connectivity index (χ3v) is 8.68. The lowest BCUT2D eigenvalue weighted by Gasteiger charge is -2.38. The first-order valence-corrected chi connectivity index (χ1v) is 14.5. The molecular formula is C31H27Cl2N5O5. The highest BCUT2D eigenvalue weighted by Gasteiger charge is 2.43. The van der Waals surface area contributed by atoms with Gasteiger partial charge in [-0.2, -0.15) is 0 Å². The molecule has 3 heterocycles. The first-order valence-electron chi connectivity index (χ1n) is 13.8. The van der Waals surface area contributed by atoms with Crippen molar-refractivity contribution >= 4 is 69.3 Å². The summed E-state index contributed by atoms with van der Waals surface area (Å²) in [5.74, 6) is -1.86. The van der Waals surface area contributed by atoms with E-state index in [2.05, 4.69) is 15.6 Å². The zero-order valence-corrected chi connectivity index (χ0v) is 24.3. The van der Waals surface area contributed by atoms with Crippen molar-refractivity contribution in [2.45, 2.75) is 37.9 Å². The van der Waals surface area contributed by atoms with Gasteiger partial charge in [-0.3, -0.25) is 9.59 Å². The lowest BCUT2D eigenvalue weighted by atomic mass is 9.95. The van der Waals surface area contributed by atoms with E-state index >= 15 is 0 Å². The van der Waals surface area contributed by atoms with Crippen molar-refractivity contribution in [1.82, 2.24) is 14.8 Å². The molecule has 1 fully saturated rings. The van der Waals surface area contributed by atoms with E-state index < -0.39 is 30.0 Å². The number of carboxylic acid groups (broad SMARTS) is 1. The zero-order valence-electron chi connectivity index (χ0n) is 22.8. The zero-order chi connectivity index (χ0) is 30.2. The van der Waals surface area contributed by atoms with Crippen LogP contribution in [0.15, 0.2) is 66.7 Å². The lowest BCUT2D eigenvalue weighted by molar-refractivity contribution is -0.140. The number of carbonyl (C=O) groups is 4. The Kier molecular flexibility index (Phi) is 7.72. The summed E-state index contributed by atoms with van der Waals surface area (Å²) in [6, 6.07) is 16.3. The van der Waals surface area contributed by atoms with E-state index in [0.29, 0.717) is 35.8 Å². The number of aromatic amines is 1. The number of hydrogen-bond donors (Lipinski definition) is 4. The monoisotopic (exact) mass is 619 g/mol. The molecule has 12 heteroatoms. The second kappa shape index (κ2) is 11.6. The van der Waals surface area contributed by atoms with Gasteiger partial charge in [0.1, 0.15) is 12.1 Å². The summed E-state index contributed by atoms with van der Waals surface area (Å²) >= 11 is 12.2. The number of nitrogens with one attached hydrogen (secondary N) is 3. The van der Waals surface area contributed by atoms with Gasteiger partial charge in [-0.15, -0.1) is 0 Å². The number of likely N-dealkylation sites (tertiary alicyclic amines) is 1. The van der Waals surface area contributed by atoms with Gasteiger partial charge in [0.2, 0.25) is 11.8 Å². The van der Waals surface area contributed by atoms with Crippen LogP contribution in [0.5, 0.6) is 0 Å². The van der Waals surface area contributed by atoms with Crippen LogP contribution < -0.4 is 10.6 Å². The molecule has 1 aromatic heterocycles. The van der Waals surface area contributed by atoms with Gasteiger partial charge in [-0.05, 0) is 60.9 Å². The van der Waals surface area contributed by atoms with E-state index in [9.17, 15) is 24.3 Å². The van der Waals surface area contributed by atoms with E-state index in [4.69, 9.17) is 23.2 Å². The Labute approximate surface area is 256 Å². The van der Waals surface area contributed by atoms with Gasteiger partial charge in [-0.25, -0.2) is 9.59 Å². The van der Waals surface area contributed by atoms with Crippen molar-refractivity contribution in [1.29, 1.82) is 0 Å². The normalized spacial score (nSPS) is 17.9. The minimum absolute atomic E-state index is 0.0394. The second-order valence-electron chi connectivity index (χ2n) is 10.6. The van der Waals surface area contributed by atoms with Crippen LogP contribution in [0.25, 0.3) is 10.9 Å². The van der Waals surface area contributed by atoms with Gasteiger partial charge in [0.05, 0.1) is 22.2 Å². The number of para-hydroxylation sites is 1. The number of carboxylic acids is 1. The van der Waals surface area contributed by atoms with E-state index in [1.165, 1.54) is 28.0 Å². The van der Waals surface area contributed by atoms with Crippen LogP contribution in [0, 0.1) is 0 Å². The van der Waals surface area contributed by atoms with Crippen LogP contribution in [0.2, 0.25) is 10.0 Å². The average Bonchev–Trinajstić information content (AvgIpc) is 3.63. The van der Waals surface area contributed by atoms with Crippen LogP contribution in [0.1, 0.15) is 34.5 Å². The minimum atomic E-state index is -1.11. The van der Waals surface area contributed by atoms with Crippen molar-refractivity contribution in [2.75, 3.05) is 17.2 Å². The van der Waals surface area contributed by atoms with Gasteiger partial charge in [0.15, 0.2) is 0 Å². The molecule has 3 aromatic carbocycles. The van der Waals surface area contributed by atoms with Crippen molar-refractivity contribution < 1.29 is 24.3 Å². The standard InChI is InChI=1S/C31H27Cl2N5O5/c32-22-11-10-19(14-23(22)33)35-31(43)38-16-25-21(20-7-1-2-8-24(20)36-25)15-27(38)29(40)37-12-4-9-26(37)28(39)34-18-6-3-5-17(13-18)30(41)42/h1-3,5-8,10-11,13-14,26-27,36H,4,9,12,15-16H2,(H,34,39)(H,35,43)(H,41,42)/t26?,27-/m1/s1. The van der Waals surface area contributed by atoms with Gasteiger partial charge in [-0.1, -0.05) is 47.5 Å².